The molecule has 3 aromatic rings. The van der Waals surface area contributed by atoms with Gasteiger partial charge in [0.1, 0.15) is 36.0 Å². The molecular weight excluding hydrogens is 363 g/mol. The maximum absolute atomic E-state index is 15.8. The third kappa shape index (κ3) is 2.24. The lowest BCUT2D eigenvalue weighted by molar-refractivity contribution is 0.259. The zero-order valence-corrected chi connectivity index (χ0v) is 14.8. The van der Waals surface area contributed by atoms with E-state index in [0.29, 0.717) is 33.9 Å². The highest BCUT2D eigenvalue weighted by Crippen LogP contribution is 2.53. The first-order chi connectivity index (χ1) is 13.6. The van der Waals surface area contributed by atoms with Crippen molar-refractivity contribution in [3.05, 3.63) is 66.0 Å². The van der Waals surface area contributed by atoms with Gasteiger partial charge in [-0.1, -0.05) is 0 Å². The number of nitrogens with zero attached hydrogens (tertiary/aromatic N) is 3. The second kappa shape index (κ2) is 5.91. The summed E-state index contributed by atoms with van der Waals surface area (Å²) in [5.41, 5.74) is 6.44. The van der Waals surface area contributed by atoms with E-state index in [9.17, 15) is 0 Å². The van der Waals surface area contributed by atoms with Crippen molar-refractivity contribution in [3.63, 3.8) is 0 Å². The molecule has 7 nitrogen and oxygen atoms in total. The van der Waals surface area contributed by atoms with Crippen molar-refractivity contribution >= 4 is 6.02 Å². The van der Waals surface area contributed by atoms with Crippen molar-refractivity contribution in [1.29, 1.82) is 0 Å². The van der Waals surface area contributed by atoms with E-state index in [1.54, 1.807) is 49.8 Å². The summed E-state index contributed by atoms with van der Waals surface area (Å²) in [5, 5.41) is 0. The van der Waals surface area contributed by atoms with Crippen LogP contribution in [0.4, 0.5) is 4.39 Å². The fraction of sp³-hybridized carbons (Fsp3) is 0.150. The molecule has 28 heavy (non-hydrogen) atoms. The Morgan fingerprint density at radius 3 is 2.64 bits per heavy atom. The Balaban J connectivity index is 1.80. The lowest BCUT2D eigenvalue weighted by Gasteiger charge is -2.34. The van der Waals surface area contributed by atoms with Gasteiger partial charge in [0.05, 0.1) is 12.7 Å². The molecule has 140 valence electrons. The summed E-state index contributed by atoms with van der Waals surface area (Å²) in [4.78, 5) is 12.5. The zero-order valence-electron chi connectivity index (χ0n) is 14.8. The van der Waals surface area contributed by atoms with Crippen LogP contribution in [0.25, 0.3) is 11.1 Å². The highest BCUT2D eigenvalue weighted by atomic mass is 19.1. The summed E-state index contributed by atoms with van der Waals surface area (Å²) in [6.45, 7) is 0.0566. The quantitative estimate of drug-likeness (QED) is 0.737. The van der Waals surface area contributed by atoms with Crippen molar-refractivity contribution in [2.75, 3.05) is 13.7 Å². The number of nitrogens with two attached hydrogens (primary N) is 1. The molecule has 0 fully saturated rings. The fourth-order valence-electron chi connectivity index (χ4n) is 3.69. The Bertz CT molecular complexity index is 1120. The number of hydrogen-bond donors (Lipinski definition) is 1. The fourth-order valence-corrected chi connectivity index (χ4v) is 3.69. The van der Waals surface area contributed by atoms with E-state index in [2.05, 4.69) is 15.0 Å². The van der Waals surface area contributed by atoms with Crippen molar-refractivity contribution < 1.29 is 18.6 Å². The van der Waals surface area contributed by atoms with Crippen molar-refractivity contribution in [3.8, 4) is 28.4 Å². The van der Waals surface area contributed by atoms with Crippen LogP contribution >= 0.6 is 0 Å². The van der Waals surface area contributed by atoms with Crippen LogP contribution in [0.5, 0.6) is 17.2 Å². The molecule has 1 aromatic heterocycles. The summed E-state index contributed by atoms with van der Waals surface area (Å²) in [7, 11) is 1.56. The third-order valence-corrected chi connectivity index (χ3v) is 4.97. The smallest absolute Gasteiger partial charge is 0.283 e. The van der Waals surface area contributed by atoms with E-state index in [-0.39, 0.29) is 18.2 Å². The number of fused-ring (bicyclic) bond motifs is 4. The number of methoxy groups -OCH3 is 1. The first-order valence-corrected chi connectivity index (χ1v) is 8.55. The Kier molecular flexibility index (Phi) is 3.48. The summed E-state index contributed by atoms with van der Waals surface area (Å²) < 4.78 is 32.6. The van der Waals surface area contributed by atoms with Gasteiger partial charge in [-0.2, -0.15) is 0 Å². The molecule has 8 heteroatoms. The van der Waals surface area contributed by atoms with Gasteiger partial charge in [0, 0.05) is 29.1 Å². The third-order valence-electron chi connectivity index (χ3n) is 4.97. The lowest BCUT2D eigenvalue weighted by atomic mass is 9.80. The van der Waals surface area contributed by atoms with Gasteiger partial charge >= 0.3 is 0 Å². The molecule has 2 aliphatic heterocycles. The second-order valence-electron chi connectivity index (χ2n) is 6.49. The van der Waals surface area contributed by atoms with Gasteiger partial charge in [-0.15, -0.1) is 0 Å². The number of aliphatic imine (C=N–C) groups is 1. The van der Waals surface area contributed by atoms with Gasteiger partial charge < -0.3 is 19.9 Å². The molecule has 0 amide bonds. The molecule has 5 rings (SSSR count). The summed E-state index contributed by atoms with van der Waals surface area (Å²) in [6, 6.07) is 8.64. The van der Waals surface area contributed by atoms with Gasteiger partial charge in [-0.05, 0) is 30.3 Å². The minimum atomic E-state index is -1.17. The maximum atomic E-state index is 15.8. The number of benzene rings is 2. The molecule has 1 atom stereocenters. The number of halogens is 1. The Morgan fingerprint density at radius 1 is 1.14 bits per heavy atom. The van der Waals surface area contributed by atoms with Crippen LogP contribution in [0.15, 0.2) is 54.0 Å². The van der Waals surface area contributed by atoms with Crippen molar-refractivity contribution in [1.82, 2.24) is 9.97 Å². The van der Waals surface area contributed by atoms with Gasteiger partial charge in [0.15, 0.2) is 5.54 Å². The van der Waals surface area contributed by atoms with Crippen molar-refractivity contribution in [2.45, 2.75) is 5.54 Å². The summed E-state index contributed by atoms with van der Waals surface area (Å²) in [6.07, 6.45) is 4.49. The van der Waals surface area contributed by atoms with Crippen LogP contribution in [0, 0.1) is 5.82 Å². The topological polar surface area (TPSA) is 91.9 Å². The molecule has 3 heterocycles. The molecule has 2 aliphatic rings. The zero-order chi connectivity index (χ0) is 19.3. The van der Waals surface area contributed by atoms with Crippen LogP contribution in [0.3, 0.4) is 0 Å². The van der Waals surface area contributed by atoms with E-state index in [1.807, 2.05) is 0 Å². The van der Waals surface area contributed by atoms with Crippen LogP contribution in [0.2, 0.25) is 0 Å². The Morgan fingerprint density at radius 2 is 1.93 bits per heavy atom. The first-order valence-electron chi connectivity index (χ1n) is 8.55. The van der Waals surface area contributed by atoms with E-state index in [1.165, 1.54) is 6.33 Å². The highest BCUT2D eigenvalue weighted by Gasteiger charge is 2.49. The largest absolute Gasteiger partial charge is 0.497 e. The second-order valence-corrected chi connectivity index (χ2v) is 6.49. The van der Waals surface area contributed by atoms with Gasteiger partial charge in [0.2, 0.25) is 0 Å². The Labute approximate surface area is 159 Å². The van der Waals surface area contributed by atoms with Crippen LogP contribution in [-0.2, 0) is 10.3 Å². The van der Waals surface area contributed by atoms with Gasteiger partial charge in [0.25, 0.3) is 6.02 Å². The number of rotatable bonds is 2. The molecule has 0 saturated heterocycles. The lowest BCUT2D eigenvalue weighted by Crippen LogP contribution is -2.32. The van der Waals surface area contributed by atoms with Crippen LogP contribution in [0.1, 0.15) is 11.1 Å². The van der Waals surface area contributed by atoms with Crippen molar-refractivity contribution in [2.24, 2.45) is 10.7 Å². The molecule has 0 aliphatic carbocycles. The summed E-state index contributed by atoms with van der Waals surface area (Å²) >= 11 is 0. The van der Waals surface area contributed by atoms with Gasteiger partial charge in [-0.3, -0.25) is 0 Å². The van der Waals surface area contributed by atoms with Crippen LogP contribution < -0.4 is 15.2 Å². The SMILES string of the molecule is COc1ccc2c(c1)[C@]1(COC(N)=N1)c1c(ccc(-c3cncnc3)c1F)O2. The standard InChI is InChI=1S/C20H15FN4O3/c1-26-12-2-4-15-14(6-12)20(9-27-19(22)25-20)17-16(28-15)5-3-13(18(17)21)11-7-23-10-24-8-11/h2-8,10H,9H2,1H3,(H2,22,25)/t20-/m1/s1. The number of ether oxygens (including phenoxy) is 3. The minimum absolute atomic E-state index is 0.00512. The molecule has 0 saturated carbocycles. The molecule has 0 unspecified atom stereocenters. The normalized spacial score (nSPS) is 19.3. The monoisotopic (exact) mass is 378 g/mol. The van der Waals surface area contributed by atoms with E-state index < -0.39 is 11.4 Å². The maximum Gasteiger partial charge on any atom is 0.283 e. The molecule has 0 radical (unpaired) electrons. The molecule has 2 N–H and O–H groups in total. The minimum Gasteiger partial charge on any atom is -0.497 e. The van der Waals surface area contributed by atoms with E-state index in [0.717, 1.165) is 0 Å². The number of amidine groups is 1. The average molecular weight is 378 g/mol. The van der Waals surface area contributed by atoms with Crippen LogP contribution in [-0.4, -0.2) is 29.7 Å². The predicted molar refractivity (Wildman–Crippen MR) is 98.8 cm³/mol. The first kappa shape index (κ1) is 16.5. The molecule has 1 spiro atoms. The predicted octanol–water partition coefficient (Wildman–Crippen LogP) is 2.99. The number of hydrogen-bond acceptors (Lipinski definition) is 7. The Hall–Kier alpha value is -3.68. The highest BCUT2D eigenvalue weighted by molar-refractivity contribution is 5.78. The average Bonchev–Trinajstić information content (AvgIpc) is 3.10. The van der Waals surface area contributed by atoms with Gasteiger partial charge in [-0.25, -0.2) is 19.4 Å². The molecular formula is C20H15FN4O3. The van der Waals surface area contributed by atoms with E-state index >= 15 is 4.39 Å². The molecule has 2 aromatic carbocycles. The molecule has 0 bridgehead atoms. The number of aromatic nitrogens is 2. The summed E-state index contributed by atoms with van der Waals surface area (Å²) in [5.74, 6) is 1.02. The van der Waals surface area contributed by atoms with E-state index in [4.69, 9.17) is 19.9 Å².